The van der Waals surface area contributed by atoms with Crippen molar-refractivity contribution in [3.8, 4) is 5.75 Å². The van der Waals surface area contributed by atoms with Crippen LogP contribution < -0.4 is 0 Å². The van der Waals surface area contributed by atoms with Crippen molar-refractivity contribution in [1.29, 1.82) is 0 Å². The van der Waals surface area contributed by atoms with Gasteiger partial charge in [0, 0.05) is 5.33 Å². The van der Waals surface area contributed by atoms with Gasteiger partial charge >= 0.3 is 0 Å². The monoisotopic (exact) mass is 242 g/mol. The predicted octanol–water partition coefficient (Wildman–Crippen LogP) is 3.59. The number of hydrogen-bond donors (Lipinski definition) is 1. The van der Waals surface area contributed by atoms with E-state index < -0.39 is 0 Å². The summed E-state index contributed by atoms with van der Waals surface area (Å²) in [5, 5.41) is 10.6. The minimum Gasteiger partial charge on any atom is -0.508 e. The summed E-state index contributed by atoms with van der Waals surface area (Å²) in [5.74, 6) is 0.832. The van der Waals surface area contributed by atoms with Crippen molar-refractivity contribution < 1.29 is 5.11 Å². The zero-order chi connectivity index (χ0) is 9.84. The van der Waals surface area contributed by atoms with Gasteiger partial charge in [0.15, 0.2) is 0 Å². The van der Waals surface area contributed by atoms with Gasteiger partial charge in [-0.15, -0.1) is 0 Å². The Bertz CT molecular complexity index is 283. The van der Waals surface area contributed by atoms with Crippen LogP contribution in [0.25, 0.3) is 0 Å². The molecule has 2 heteroatoms. The molecule has 0 spiro atoms. The van der Waals surface area contributed by atoms with Crippen LogP contribution in [0.1, 0.15) is 30.4 Å². The Balaban J connectivity index is 2.91. The Hall–Kier alpha value is -0.500. The summed E-state index contributed by atoms with van der Waals surface area (Å²) in [6.45, 7) is 4.18. The van der Waals surface area contributed by atoms with E-state index >= 15 is 0 Å². The van der Waals surface area contributed by atoms with Crippen molar-refractivity contribution in [2.45, 2.75) is 26.2 Å². The fourth-order valence-electron chi connectivity index (χ4n) is 1.39. The molecule has 0 saturated heterocycles. The molecule has 0 heterocycles. The molecule has 0 bridgehead atoms. The minimum absolute atomic E-state index is 0.416. The van der Waals surface area contributed by atoms with Crippen LogP contribution in [0, 0.1) is 6.92 Å². The van der Waals surface area contributed by atoms with E-state index in [4.69, 9.17) is 0 Å². The molecule has 0 amide bonds. The Kier molecular flexibility index (Phi) is 3.79. The third-order valence-corrected chi connectivity index (χ3v) is 2.71. The molecule has 13 heavy (non-hydrogen) atoms. The number of phenolic OH excluding ortho intramolecular Hbond substituents is 1. The maximum atomic E-state index is 9.62. The fourth-order valence-corrected chi connectivity index (χ4v) is 2.07. The topological polar surface area (TPSA) is 20.2 Å². The normalized spacial score (nSPS) is 12.8. The molecule has 1 rings (SSSR count). The average Bonchev–Trinajstić information content (AvgIpc) is 2.09. The van der Waals surface area contributed by atoms with Crippen LogP contribution in [-0.4, -0.2) is 10.4 Å². The second-order valence-corrected chi connectivity index (χ2v) is 4.23. The van der Waals surface area contributed by atoms with E-state index in [1.807, 2.05) is 13.0 Å². The highest BCUT2D eigenvalue weighted by atomic mass is 79.9. The summed E-state index contributed by atoms with van der Waals surface area (Å²) in [4.78, 5) is 0. The van der Waals surface area contributed by atoms with Crippen LogP contribution in [0.3, 0.4) is 0 Å². The van der Waals surface area contributed by atoms with E-state index in [0.29, 0.717) is 11.7 Å². The van der Waals surface area contributed by atoms with Gasteiger partial charge in [-0.2, -0.15) is 0 Å². The van der Waals surface area contributed by atoms with Gasteiger partial charge < -0.3 is 5.11 Å². The second kappa shape index (κ2) is 4.66. The lowest BCUT2D eigenvalue weighted by Crippen LogP contribution is -1.95. The number of halogens is 1. The van der Waals surface area contributed by atoms with Crippen LogP contribution in [0.4, 0.5) is 0 Å². The first kappa shape index (κ1) is 10.6. The summed E-state index contributed by atoms with van der Waals surface area (Å²) >= 11 is 3.41. The summed E-state index contributed by atoms with van der Waals surface area (Å²) in [5.41, 5.74) is 2.26. The quantitative estimate of drug-likeness (QED) is 0.804. The first-order valence-electron chi connectivity index (χ1n) is 4.50. The van der Waals surface area contributed by atoms with Crippen molar-refractivity contribution >= 4 is 15.9 Å². The number of alkyl halides is 1. The van der Waals surface area contributed by atoms with Crippen LogP contribution >= 0.6 is 15.9 Å². The minimum atomic E-state index is 0.416. The lowest BCUT2D eigenvalue weighted by molar-refractivity contribution is 0.462. The number of phenols is 1. The number of aryl methyl sites for hydroxylation is 1. The third-order valence-electron chi connectivity index (χ3n) is 2.26. The first-order valence-corrected chi connectivity index (χ1v) is 5.62. The average molecular weight is 243 g/mol. The van der Waals surface area contributed by atoms with Crippen molar-refractivity contribution in [3.05, 3.63) is 29.3 Å². The molecule has 0 radical (unpaired) electrons. The van der Waals surface area contributed by atoms with Crippen molar-refractivity contribution in [3.63, 3.8) is 0 Å². The highest BCUT2D eigenvalue weighted by Gasteiger charge is 2.09. The molecule has 1 aromatic carbocycles. The zero-order valence-electron chi connectivity index (χ0n) is 8.05. The smallest absolute Gasteiger partial charge is 0.119 e. The lowest BCUT2D eigenvalue weighted by atomic mass is 9.96. The third kappa shape index (κ3) is 2.73. The van der Waals surface area contributed by atoms with Gasteiger partial charge in [0.25, 0.3) is 0 Å². The number of benzene rings is 1. The Labute approximate surface area is 87.9 Å². The van der Waals surface area contributed by atoms with Gasteiger partial charge in [0.05, 0.1) is 0 Å². The van der Waals surface area contributed by atoms with Crippen LogP contribution in [0.2, 0.25) is 0 Å². The van der Waals surface area contributed by atoms with Crippen molar-refractivity contribution in [2.24, 2.45) is 0 Å². The number of rotatable bonds is 3. The predicted molar refractivity (Wildman–Crippen MR) is 59.7 cm³/mol. The fraction of sp³-hybridized carbons (Fsp3) is 0.455. The van der Waals surface area contributed by atoms with Gasteiger partial charge in [-0.25, -0.2) is 0 Å². The summed E-state index contributed by atoms with van der Waals surface area (Å²) < 4.78 is 0. The van der Waals surface area contributed by atoms with E-state index in [1.54, 1.807) is 6.07 Å². The molecule has 1 N–H and O–H groups in total. The molecular weight excluding hydrogens is 228 g/mol. The van der Waals surface area contributed by atoms with Gasteiger partial charge in [0.1, 0.15) is 5.75 Å². The van der Waals surface area contributed by atoms with E-state index in [9.17, 15) is 5.11 Å². The maximum absolute atomic E-state index is 9.62. The summed E-state index contributed by atoms with van der Waals surface area (Å²) in [6, 6.07) is 5.76. The molecular formula is C11H15BrO. The SMILES string of the molecule is Cc1ccc(O)c(C(C)CCBr)c1. The highest BCUT2D eigenvalue weighted by molar-refractivity contribution is 9.09. The number of aromatic hydroxyl groups is 1. The molecule has 0 aliphatic rings. The highest BCUT2D eigenvalue weighted by Crippen LogP contribution is 2.28. The first-order chi connectivity index (χ1) is 6.15. The molecule has 0 aliphatic heterocycles. The van der Waals surface area contributed by atoms with Crippen molar-refractivity contribution in [1.82, 2.24) is 0 Å². The van der Waals surface area contributed by atoms with E-state index in [2.05, 4.69) is 28.9 Å². The van der Waals surface area contributed by atoms with Crippen LogP contribution in [-0.2, 0) is 0 Å². The molecule has 72 valence electrons. The van der Waals surface area contributed by atoms with E-state index in [0.717, 1.165) is 17.3 Å². The standard InChI is InChI=1S/C11H15BrO/c1-8-3-4-11(13)10(7-8)9(2)5-6-12/h3-4,7,9,13H,5-6H2,1-2H3. The van der Waals surface area contributed by atoms with Gasteiger partial charge in [-0.05, 0) is 30.9 Å². The van der Waals surface area contributed by atoms with Gasteiger partial charge in [-0.1, -0.05) is 40.5 Å². The molecule has 1 nitrogen and oxygen atoms in total. The Morgan fingerprint density at radius 1 is 1.46 bits per heavy atom. The largest absolute Gasteiger partial charge is 0.508 e. The molecule has 0 saturated carbocycles. The molecule has 0 aromatic heterocycles. The van der Waals surface area contributed by atoms with Crippen LogP contribution in [0.5, 0.6) is 5.75 Å². The lowest BCUT2D eigenvalue weighted by Gasteiger charge is -2.12. The van der Waals surface area contributed by atoms with E-state index in [1.165, 1.54) is 5.56 Å². The van der Waals surface area contributed by atoms with Crippen molar-refractivity contribution in [2.75, 3.05) is 5.33 Å². The molecule has 1 atom stereocenters. The molecule has 1 unspecified atom stereocenters. The van der Waals surface area contributed by atoms with Gasteiger partial charge in [-0.3, -0.25) is 0 Å². The van der Waals surface area contributed by atoms with Crippen LogP contribution in [0.15, 0.2) is 18.2 Å². The zero-order valence-corrected chi connectivity index (χ0v) is 9.63. The number of hydrogen-bond acceptors (Lipinski definition) is 1. The summed E-state index contributed by atoms with van der Waals surface area (Å²) in [6.07, 6.45) is 1.05. The molecule has 1 aromatic rings. The van der Waals surface area contributed by atoms with E-state index in [-0.39, 0.29) is 0 Å². The molecule has 0 aliphatic carbocycles. The molecule has 0 fully saturated rings. The maximum Gasteiger partial charge on any atom is 0.119 e. The van der Waals surface area contributed by atoms with Gasteiger partial charge in [0.2, 0.25) is 0 Å². The Morgan fingerprint density at radius 3 is 2.77 bits per heavy atom. The second-order valence-electron chi connectivity index (χ2n) is 3.44. The summed E-state index contributed by atoms with van der Waals surface area (Å²) in [7, 11) is 0. The Morgan fingerprint density at radius 2 is 2.15 bits per heavy atom.